The summed E-state index contributed by atoms with van der Waals surface area (Å²) in [5.74, 6) is 1.64. The lowest BCUT2D eigenvalue weighted by atomic mass is 10.2. The van der Waals surface area contributed by atoms with Gasteiger partial charge in [0, 0.05) is 13.1 Å². The van der Waals surface area contributed by atoms with Crippen LogP contribution in [0.25, 0.3) is 0 Å². The highest BCUT2D eigenvalue weighted by molar-refractivity contribution is 5.90. The summed E-state index contributed by atoms with van der Waals surface area (Å²) in [7, 11) is 1.35. The van der Waals surface area contributed by atoms with Crippen molar-refractivity contribution in [3.05, 3.63) is 23.2 Å². The predicted octanol–water partition coefficient (Wildman–Crippen LogP) is 0.814. The SMILES string of the molecule is COC(=O)c1cc(CNC2=NCCCN2)oc1C. The highest BCUT2D eigenvalue weighted by Crippen LogP contribution is 2.15. The summed E-state index contributed by atoms with van der Waals surface area (Å²) >= 11 is 0. The summed E-state index contributed by atoms with van der Waals surface area (Å²) in [6.45, 7) is 3.99. The number of guanidine groups is 1. The summed E-state index contributed by atoms with van der Waals surface area (Å²) < 4.78 is 10.2. The first-order valence-electron chi connectivity index (χ1n) is 5.90. The van der Waals surface area contributed by atoms with Gasteiger partial charge in [-0.25, -0.2) is 4.79 Å². The Morgan fingerprint density at radius 1 is 1.67 bits per heavy atom. The van der Waals surface area contributed by atoms with Crippen molar-refractivity contribution in [2.75, 3.05) is 20.2 Å². The van der Waals surface area contributed by atoms with Crippen LogP contribution in [0, 0.1) is 6.92 Å². The maximum atomic E-state index is 11.4. The van der Waals surface area contributed by atoms with Crippen molar-refractivity contribution >= 4 is 11.9 Å². The molecule has 1 aliphatic rings. The molecule has 0 fully saturated rings. The number of rotatable bonds is 3. The molecular weight excluding hydrogens is 234 g/mol. The van der Waals surface area contributed by atoms with Gasteiger partial charge in [-0.2, -0.15) is 0 Å². The molecule has 2 heterocycles. The second-order valence-corrected chi connectivity index (χ2v) is 4.04. The minimum absolute atomic E-state index is 0.379. The van der Waals surface area contributed by atoms with Gasteiger partial charge in [0.15, 0.2) is 5.96 Å². The monoisotopic (exact) mass is 251 g/mol. The lowest BCUT2D eigenvalue weighted by Gasteiger charge is -2.15. The molecular formula is C12H17N3O3. The smallest absolute Gasteiger partial charge is 0.341 e. The van der Waals surface area contributed by atoms with Crippen LogP contribution >= 0.6 is 0 Å². The molecule has 98 valence electrons. The highest BCUT2D eigenvalue weighted by Gasteiger charge is 2.15. The Kier molecular flexibility index (Phi) is 3.86. The number of carbonyl (C=O) groups is 1. The third kappa shape index (κ3) is 2.82. The lowest BCUT2D eigenvalue weighted by Crippen LogP contribution is -2.40. The van der Waals surface area contributed by atoms with Crippen molar-refractivity contribution in [1.82, 2.24) is 10.6 Å². The number of hydrogen-bond acceptors (Lipinski definition) is 6. The fourth-order valence-corrected chi connectivity index (χ4v) is 1.77. The molecule has 18 heavy (non-hydrogen) atoms. The summed E-state index contributed by atoms with van der Waals surface area (Å²) in [5, 5.41) is 6.28. The van der Waals surface area contributed by atoms with Crippen molar-refractivity contribution in [3.63, 3.8) is 0 Å². The van der Waals surface area contributed by atoms with Gasteiger partial charge in [-0.3, -0.25) is 4.99 Å². The van der Waals surface area contributed by atoms with Gasteiger partial charge in [0.05, 0.1) is 13.7 Å². The van der Waals surface area contributed by atoms with Gasteiger partial charge < -0.3 is 19.8 Å². The Morgan fingerprint density at radius 2 is 2.50 bits per heavy atom. The number of nitrogens with one attached hydrogen (secondary N) is 2. The first-order chi connectivity index (χ1) is 8.70. The largest absolute Gasteiger partial charge is 0.465 e. The van der Waals surface area contributed by atoms with Crippen molar-refractivity contribution in [3.8, 4) is 0 Å². The zero-order valence-electron chi connectivity index (χ0n) is 10.6. The van der Waals surface area contributed by atoms with E-state index in [1.165, 1.54) is 7.11 Å². The highest BCUT2D eigenvalue weighted by atomic mass is 16.5. The van der Waals surface area contributed by atoms with Crippen LogP contribution in [0.5, 0.6) is 0 Å². The summed E-state index contributed by atoms with van der Waals surface area (Å²) in [4.78, 5) is 15.7. The standard InChI is InChI=1S/C12H17N3O3/c1-8-10(11(16)17-2)6-9(18-8)7-15-12-13-4-3-5-14-12/h6H,3-5,7H2,1-2H3,(H2,13,14,15). The van der Waals surface area contributed by atoms with E-state index in [-0.39, 0.29) is 5.97 Å². The predicted molar refractivity (Wildman–Crippen MR) is 66.5 cm³/mol. The van der Waals surface area contributed by atoms with Crippen LogP contribution in [0.4, 0.5) is 0 Å². The van der Waals surface area contributed by atoms with Gasteiger partial charge in [-0.05, 0) is 19.4 Å². The summed E-state index contributed by atoms with van der Waals surface area (Å²) in [6.07, 6.45) is 1.05. The quantitative estimate of drug-likeness (QED) is 0.778. The van der Waals surface area contributed by atoms with Crippen molar-refractivity contribution in [2.24, 2.45) is 4.99 Å². The summed E-state index contributed by atoms with van der Waals surface area (Å²) in [5.41, 5.74) is 0.466. The topological polar surface area (TPSA) is 75.9 Å². The molecule has 0 bridgehead atoms. The van der Waals surface area contributed by atoms with Crippen molar-refractivity contribution in [1.29, 1.82) is 0 Å². The van der Waals surface area contributed by atoms with E-state index in [2.05, 4.69) is 20.4 Å². The van der Waals surface area contributed by atoms with E-state index in [9.17, 15) is 4.79 Å². The second-order valence-electron chi connectivity index (χ2n) is 4.04. The van der Waals surface area contributed by atoms with Crippen LogP contribution in [0.15, 0.2) is 15.5 Å². The zero-order valence-corrected chi connectivity index (χ0v) is 10.6. The molecule has 6 heteroatoms. The first kappa shape index (κ1) is 12.5. The molecule has 2 rings (SSSR count). The molecule has 0 saturated heterocycles. The van der Waals surface area contributed by atoms with E-state index in [1.54, 1.807) is 13.0 Å². The number of aryl methyl sites for hydroxylation is 1. The van der Waals surface area contributed by atoms with Gasteiger partial charge in [0.1, 0.15) is 17.1 Å². The molecule has 0 aromatic carbocycles. The molecule has 0 spiro atoms. The van der Waals surface area contributed by atoms with Crippen LogP contribution in [0.2, 0.25) is 0 Å². The van der Waals surface area contributed by atoms with Crippen molar-refractivity contribution in [2.45, 2.75) is 19.9 Å². The molecule has 0 amide bonds. The molecule has 0 unspecified atom stereocenters. The Morgan fingerprint density at radius 3 is 3.17 bits per heavy atom. The van der Waals surface area contributed by atoms with E-state index >= 15 is 0 Å². The molecule has 2 N–H and O–H groups in total. The van der Waals surface area contributed by atoms with E-state index in [0.29, 0.717) is 23.6 Å². The lowest BCUT2D eigenvalue weighted by molar-refractivity contribution is 0.0599. The molecule has 0 radical (unpaired) electrons. The molecule has 1 aromatic rings. The average molecular weight is 251 g/mol. The Hall–Kier alpha value is -1.98. The first-order valence-corrected chi connectivity index (χ1v) is 5.90. The van der Waals surface area contributed by atoms with Crippen LogP contribution in [0.1, 0.15) is 28.3 Å². The normalized spacial score (nSPS) is 14.7. The Bertz CT molecular complexity index is 465. The molecule has 1 aromatic heterocycles. The maximum Gasteiger partial charge on any atom is 0.341 e. The van der Waals surface area contributed by atoms with Crippen LogP contribution in [-0.2, 0) is 11.3 Å². The fourth-order valence-electron chi connectivity index (χ4n) is 1.77. The number of furan rings is 1. The average Bonchev–Trinajstić information content (AvgIpc) is 2.78. The van der Waals surface area contributed by atoms with Gasteiger partial charge >= 0.3 is 5.97 Å². The number of carbonyl (C=O) groups excluding carboxylic acids is 1. The van der Waals surface area contributed by atoms with E-state index in [4.69, 9.17) is 4.42 Å². The van der Waals surface area contributed by atoms with Gasteiger partial charge in [-0.1, -0.05) is 0 Å². The number of methoxy groups -OCH3 is 1. The van der Waals surface area contributed by atoms with Crippen LogP contribution in [-0.4, -0.2) is 32.1 Å². The minimum atomic E-state index is -0.379. The molecule has 0 atom stereocenters. The number of hydrogen-bond donors (Lipinski definition) is 2. The Labute approximate surface area is 105 Å². The van der Waals surface area contributed by atoms with Gasteiger partial charge in [0.25, 0.3) is 0 Å². The Balaban J connectivity index is 1.97. The van der Waals surface area contributed by atoms with Gasteiger partial charge in [0.2, 0.25) is 0 Å². The number of aliphatic imine (C=N–C) groups is 1. The van der Waals surface area contributed by atoms with E-state index < -0.39 is 0 Å². The number of esters is 1. The van der Waals surface area contributed by atoms with Gasteiger partial charge in [-0.15, -0.1) is 0 Å². The molecule has 0 saturated carbocycles. The van der Waals surface area contributed by atoms with E-state index in [0.717, 1.165) is 25.5 Å². The zero-order chi connectivity index (χ0) is 13.0. The van der Waals surface area contributed by atoms with Crippen molar-refractivity contribution < 1.29 is 13.9 Å². The van der Waals surface area contributed by atoms with Crippen LogP contribution in [0.3, 0.4) is 0 Å². The van der Waals surface area contributed by atoms with Crippen LogP contribution < -0.4 is 10.6 Å². The fraction of sp³-hybridized carbons (Fsp3) is 0.500. The number of nitrogens with zero attached hydrogens (tertiary/aromatic N) is 1. The van der Waals surface area contributed by atoms with E-state index in [1.807, 2.05) is 0 Å². The third-order valence-corrected chi connectivity index (χ3v) is 2.70. The molecule has 1 aliphatic heterocycles. The third-order valence-electron chi connectivity index (χ3n) is 2.70. The maximum absolute atomic E-state index is 11.4. The molecule has 6 nitrogen and oxygen atoms in total. The number of ether oxygens (including phenoxy) is 1. The molecule has 0 aliphatic carbocycles. The summed E-state index contributed by atoms with van der Waals surface area (Å²) in [6, 6.07) is 1.69. The minimum Gasteiger partial charge on any atom is -0.465 e. The second kappa shape index (κ2) is 5.57.